The van der Waals surface area contributed by atoms with Gasteiger partial charge in [0.2, 0.25) is 0 Å². The first-order valence-electron chi connectivity index (χ1n) is 10.7. The summed E-state index contributed by atoms with van der Waals surface area (Å²) in [5.41, 5.74) is 7.53. The van der Waals surface area contributed by atoms with E-state index in [1.807, 2.05) is 6.07 Å². The number of rotatable bonds is 5. The standard InChI is InChI=1S/C22H30FN5O2/c1-14(29)25-21(24)19-13-15-12-16(23)2-3-20(15)27-22(19)28-8-4-17(5-9-28)26-18-6-10-30-11-7-18/h2-3,12-14,17-18,26,29H,4-11H2,1H3,(H2,24,25). The number of aliphatic hydroxyl groups excluding tert-OH is 1. The number of hydrogen-bond donors (Lipinski definition) is 3. The van der Waals surface area contributed by atoms with Crippen molar-refractivity contribution in [3.05, 3.63) is 35.6 Å². The molecule has 30 heavy (non-hydrogen) atoms. The molecule has 3 heterocycles. The number of halogens is 1. The molecule has 0 saturated carbocycles. The number of benzene rings is 1. The molecule has 8 heteroatoms. The summed E-state index contributed by atoms with van der Waals surface area (Å²) >= 11 is 0. The summed E-state index contributed by atoms with van der Waals surface area (Å²) in [5, 5.41) is 14.1. The van der Waals surface area contributed by atoms with Crippen molar-refractivity contribution in [1.29, 1.82) is 0 Å². The lowest BCUT2D eigenvalue weighted by molar-refractivity contribution is 0.0738. The Labute approximate surface area is 176 Å². The Balaban J connectivity index is 1.56. The molecule has 1 aromatic carbocycles. The van der Waals surface area contributed by atoms with Crippen LogP contribution in [0.25, 0.3) is 10.9 Å². The predicted molar refractivity (Wildman–Crippen MR) is 116 cm³/mol. The number of nitrogens with one attached hydrogen (secondary N) is 1. The van der Waals surface area contributed by atoms with Gasteiger partial charge in [-0.1, -0.05) is 0 Å². The van der Waals surface area contributed by atoms with Crippen LogP contribution in [0.2, 0.25) is 0 Å². The van der Waals surface area contributed by atoms with Crippen LogP contribution in [-0.2, 0) is 4.74 Å². The number of ether oxygens (including phenoxy) is 1. The number of amidine groups is 1. The minimum Gasteiger partial charge on any atom is -0.383 e. The van der Waals surface area contributed by atoms with Crippen molar-refractivity contribution in [2.75, 3.05) is 31.2 Å². The molecule has 2 saturated heterocycles. The van der Waals surface area contributed by atoms with E-state index in [1.54, 1.807) is 13.0 Å². The van der Waals surface area contributed by atoms with Gasteiger partial charge in [0.15, 0.2) is 0 Å². The Morgan fingerprint density at radius 1 is 1.23 bits per heavy atom. The summed E-state index contributed by atoms with van der Waals surface area (Å²) in [6.45, 7) is 4.91. The van der Waals surface area contributed by atoms with E-state index < -0.39 is 6.23 Å². The van der Waals surface area contributed by atoms with E-state index in [1.165, 1.54) is 12.1 Å². The number of aliphatic imine (C=N–C) groups is 1. The van der Waals surface area contributed by atoms with Gasteiger partial charge in [-0.25, -0.2) is 14.4 Å². The SMILES string of the molecule is CC(O)N=C(N)c1cc2cc(F)ccc2nc1N1CCC(NC2CCOCC2)CC1. The van der Waals surface area contributed by atoms with Gasteiger partial charge >= 0.3 is 0 Å². The first kappa shape index (κ1) is 21.0. The van der Waals surface area contributed by atoms with Gasteiger partial charge in [-0.3, -0.25) is 0 Å². The number of anilines is 1. The topological polar surface area (TPSA) is 96.0 Å². The fraction of sp³-hybridized carbons (Fsp3) is 0.545. The monoisotopic (exact) mass is 415 g/mol. The van der Waals surface area contributed by atoms with Crippen molar-refractivity contribution < 1.29 is 14.2 Å². The van der Waals surface area contributed by atoms with Crippen molar-refractivity contribution >= 4 is 22.6 Å². The third-order valence-corrected chi connectivity index (χ3v) is 5.85. The van der Waals surface area contributed by atoms with Crippen molar-refractivity contribution in [3.8, 4) is 0 Å². The Kier molecular flexibility index (Phi) is 6.46. The molecular formula is C22H30FN5O2. The first-order valence-corrected chi connectivity index (χ1v) is 10.7. The molecule has 4 N–H and O–H groups in total. The smallest absolute Gasteiger partial charge is 0.144 e. The maximum absolute atomic E-state index is 13.7. The van der Waals surface area contributed by atoms with Crippen molar-refractivity contribution in [3.63, 3.8) is 0 Å². The van der Waals surface area contributed by atoms with Crippen LogP contribution in [0.5, 0.6) is 0 Å². The van der Waals surface area contributed by atoms with Crippen LogP contribution in [-0.4, -0.2) is 60.5 Å². The number of nitrogens with zero attached hydrogens (tertiary/aromatic N) is 3. The Bertz CT molecular complexity index is 906. The zero-order chi connectivity index (χ0) is 21.1. The Hall–Kier alpha value is -2.29. The van der Waals surface area contributed by atoms with Crippen LogP contribution in [0, 0.1) is 5.82 Å². The van der Waals surface area contributed by atoms with E-state index >= 15 is 0 Å². The molecule has 4 rings (SSSR count). The molecule has 7 nitrogen and oxygen atoms in total. The van der Waals surface area contributed by atoms with Gasteiger partial charge in [0, 0.05) is 43.8 Å². The largest absolute Gasteiger partial charge is 0.383 e. The number of pyridine rings is 1. The minimum atomic E-state index is -0.921. The van der Waals surface area contributed by atoms with E-state index in [4.69, 9.17) is 15.5 Å². The number of piperidine rings is 1. The molecule has 1 aromatic heterocycles. The summed E-state index contributed by atoms with van der Waals surface area (Å²) in [5.74, 6) is 0.621. The molecule has 1 unspecified atom stereocenters. The molecule has 0 radical (unpaired) electrons. The number of hydrogen-bond acceptors (Lipinski definition) is 6. The molecule has 162 valence electrons. The maximum atomic E-state index is 13.7. The first-order chi connectivity index (χ1) is 14.5. The van der Waals surface area contributed by atoms with E-state index in [0.29, 0.717) is 28.6 Å². The van der Waals surface area contributed by atoms with Crippen molar-refractivity contribution in [2.24, 2.45) is 10.7 Å². The van der Waals surface area contributed by atoms with Crippen LogP contribution in [0.3, 0.4) is 0 Å². The van der Waals surface area contributed by atoms with E-state index in [9.17, 15) is 9.50 Å². The van der Waals surface area contributed by atoms with Gasteiger partial charge in [-0.15, -0.1) is 0 Å². The second-order valence-electron chi connectivity index (χ2n) is 8.16. The lowest BCUT2D eigenvalue weighted by Crippen LogP contribution is -2.48. The average molecular weight is 416 g/mol. The summed E-state index contributed by atoms with van der Waals surface area (Å²) in [6.07, 6.45) is 3.23. The lowest BCUT2D eigenvalue weighted by atomic mass is 10.0. The van der Waals surface area contributed by atoms with Crippen LogP contribution >= 0.6 is 0 Å². The third kappa shape index (κ3) is 4.88. The summed E-state index contributed by atoms with van der Waals surface area (Å²) in [4.78, 5) is 11.1. The molecule has 2 aromatic rings. The van der Waals surface area contributed by atoms with Gasteiger partial charge in [-0.05, 0) is 56.9 Å². The molecule has 0 spiro atoms. The lowest BCUT2D eigenvalue weighted by Gasteiger charge is -2.36. The third-order valence-electron chi connectivity index (χ3n) is 5.85. The Morgan fingerprint density at radius 2 is 1.93 bits per heavy atom. The molecule has 2 aliphatic heterocycles. The van der Waals surface area contributed by atoms with Gasteiger partial charge in [0.1, 0.15) is 23.7 Å². The second kappa shape index (κ2) is 9.24. The van der Waals surface area contributed by atoms with Crippen molar-refractivity contribution in [2.45, 2.75) is 50.9 Å². The highest BCUT2D eigenvalue weighted by Crippen LogP contribution is 2.27. The fourth-order valence-corrected chi connectivity index (χ4v) is 4.29. The molecular weight excluding hydrogens is 385 g/mol. The number of aromatic nitrogens is 1. The summed E-state index contributed by atoms with van der Waals surface area (Å²) in [6, 6.07) is 7.36. The van der Waals surface area contributed by atoms with Gasteiger partial charge in [0.25, 0.3) is 0 Å². The number of fused-ring (bicyclic) bond motifs is 1. The molecule has 2 fully saturated rings. The van der Waals surface area contributed by atoms with Gasteiger partial charge in [-0.2, -0.15) is 0 Å². The Morgan fingerprint density at radius 3 is 2.63 bits per heavy atom. The van der Waals surface area contributed by atoms with Crippen LogP contribution in [0.15, 0.2) is 29.3 Å². The van der Waals surface area contributed by atoms with E-state index in [0.717, 1.165) is 57.8 Å². The minimum absolute atomic E-state index is 0.209. The van der Waals surface area contributed by atoms with Gasteiger partial charge in [0.05, 0.1) is 11.1 Å². The summed E-state index contributed by atoms with van der Waals surface area (Å²) < 4.78 is 19.2. The van der Waals surface area contributed by atoms with Crippen LogP contribution < -0.4 is 16.0 Å². The maximum Gasteiger partial charge on any atom is 0.144 e. The second-order valence-corrected chi connectivity index (χ2v) is 8.16. The van der Waals surface area contributed by atoms with Crippen LogP contribution in [0.4, 0.5) is 10.2 Å². The predicted octanol–water partition coefficient (Wildman–Crippen LogP) is 2.15. The molecule has 0 aliphatic carbocycles. The van der Waals surface area contributed by atoms with Crippen LogP contribution in [0.1, 0.15) is 38.2 Å². The van der Waals surface area contributed by atoms with Crippen molar-refractivity contribution in [1.82, 2.24) is 10.3 Å². The molecule has 0 amide bonds. The molecule has 1 atom stereocenters. The quantitative estimate of drug-likeness (QED) is 0.512. The highest BCUT2D eigenvalue weighted by molar-refractivity contribution is 6.04. The van der Waals surface area contributed by atoms with E-state index in [2.05, 4.69) is 15.2 Å². The average Bonchev–Trinajstić information content (AvgIpc) is 2.73. The fourth-order valence-electron chi connectivity index (χ4n) is 4.29. The zero-order valence-corrected chi connectivity index (χ0v) is 17.4. The highest BCUT2D eigenvalue weighted by Gasteiger charge is 2.26. The highest BCUT2D eigenvalue weighted by atomic mass is 19.1. The van der Waals surface area contributed by atoms with E-state index in [-0.39, 0.29) is 11.7 Å². The van der Waals surface area contributed by atoms with Gasteiger partial charge < -0.3 is 25.8 Å². The zero-order valence-electron chi connectivity index (χ0n) is 17.4. The molecule has 2 aliphatic rings. The normalized spacial score (nSPS) is 20.6. The number of nitrogens with two attached hydrogens (primary N) is 1. The summed E-state index contributed by atoms with van der Waals surface area (Å²) in [7, 11) is 0. The number of aliphatic hydroxyl groups is 1. The molecule has 0 bridgehead atoms.